The van der Waals surface area contributed by atoms with Crippen LogP contribution < -0.4 is 0 Å². The van der Waals surface area contributed by atoms with Crippen molar-refractivity contribution in [2.75, 3.05) is 0 Å². The van der Waals surface area contributed by atoms with Crippen LogP contribution in [0.1, 0.15) is 22.3 Å². The fourth-order valence-corrected chi connectivity index (χ4v) is 11.5. The minimum absolute atomic E-state index is 0.657. The van der Waals surface area contributed by atoms with Crippen LogP contribution in [0.2, 0.25) is 0 Å². The third-order valence-corrected chi connectivity index (χ3v) is 15.2. The molecule has 4 heteroatoms. The van der Waals surface area contributed by atoms with Crippen molar-refractivity contribution >= 4 is 0 Å². The van der Waals surface area contributed by atoms with Crippen molar-refractivity contribution in [3.05, 3.63) is 290 Å². The van der Waals surface area contributed by atoms with Crippen LogP contribution >= 0.6 is 0 Å². The van der Waals surface area contributed by atoms with Crippen molar-refractivity contribution < 1.29 is 0 Å². The van der Waals surface area contributed by atoms with Crippen molar-refractivity contribution in [2.45, 2.75) is 5.41 Å². The summed E-state index contributed by atoms with van der Waals surface area (Å²) in [7, 11) is 0. The quantitative estimate of drug-likeness (QED) is 0.152. The SMILES string of the molecule is c1cc(-c2ccc(-c3ccc4c(c3)C3(c5cc(-c6ccc(-c7ccncc7)cc6)ccc5-4)c4cc(-c5ccc(-c6ccncc6)cc5)ccc4-c4ccc(-c5ccc(-c6ccncc6)cc5)cc43)cc2)ccn1. The number of nitrogens with zero attached hydrogens (tertiary/aromatic N) is 4. The molecule has 0 amide bonds. The van der Waals surface area contributed by atoms with Gasteiger partial charge in [0, 0.05) is 49.6 Å². The fraction of sp³-hybridized carbons (Fsp3) is 0.0145. The zero-order valence-corrected chi connectivity index (χ0v) is 39.7. The molecule has 8 aromatic carbocycles. The summed E-state index contributed by atoms with van der Waals surface area (Å²) >= 11 is 0. The van der Waals surface area contributed by atoms with Gasteiger partial charge in [0.05, 0.1) is 5.41 Å². The van der Waals surface area contributed by atoms with Gasteiger partial charge in [-0.3, -0.25) is 19.9 Å². The molecular weight excluding hydrogens is 885 g/mol. The van der Waals surface area contributed by atoms with E-state index in [1.165, 1.54) is 111 Å². The summed E-state index contributed by atoms with van der Waals surface area (Å²) in [5.41, 5.74) is 28.2. The second-order valence-corrected chi connectivity index (χ2v) is 19.0. The van der Waals surface area contributed by atoms with Gasteiger partial charge >= 0.3 is 0 Å². The molecule has 2 aliphatic carbocycles. The fourth-order valence-electron chi connectivity index (χ4n) is 11.5. The van der Waals surface area contributed by atoms with Crippen LogP contribution in [0.3, 0.4) is 0 Å². The molecule has 0 saturated heterocycles. The molecule has 0 radical (unpaired) electrons. The lowest BCUT2D eigenvalue weighted by molar-refractivity contribution is 0.795. The number of benzene rings is 8. The van der Waals surface area contributed by atoms with E-state index in [0.717, 1.165) is 22.3 Å². The van der Waals surface area contributed by atoms with E-state index < -0.39 is 5.41 Å². The number of pyridine rings is 4. The standard InChI is InChI=1S/C69H44N4/c1-9-49(10-2-45(1)53-25-33-70-34-26-53)57-17-21-61-62-22-18-58(50-11-3-46(4-12-50)54-27-35-71-36-28-54)42-66(62)69(65(61)41-57)67-43-59(51-13-5-47(6-14-51)55-29-37-72-38-30-55)19-23-63(67)64-24-20-60(44-68(64)69)52-15-7-48(8-16-52)56-31-39-73-40-32-56/h1-44H. The molecule has 12 aromatic rings. The smallest absolute Gasteiger partial charge is 0.0726 e. The molecular formula is C69H44N4. The molecule has 4 heterocycles. The monoisotopic (exact) mass is 928 g/mol. The number of hydrogen-bond donors (Lipinski definition) is 0. The summed E-state index contributed by atoms with van der Waals surface area (Å²) in [6.07, 6.45) is 14.8. The Hall–Kier alpha value is -9.64. The van der Waals surface area contributed by atoms with Gasteiger partial charge in [0.25, 0.3) is 0 Å². The summed E-state index contributed by atoms with van der Waals surface area (Å²) in [5, 5.41) is 0. The molecule has 0 fully saturated rings. The van der Waals surface area contributed by atoms with E-state index in [0.29, 0.717) is 0 Å². The molecule has 4 aromatic heterocycles. The highest BCUT2D eigenvalue weighted by molar-refractivity contribution is 5.99. The first-order chi connectivity index (χ1) is 36.2. The maximum Gasteiger partial charge on any atom is 0.0726 e. The molecule has 14 rings (SSSR count). The molecule has 0 atom stereocenters. The summed E-state index contributed by atoms with van der Waals surface area (Å²) in [5.74, 6) is 0. The van der Waals surface area contributed by atoms with E-state index in [4.69, 9.17) is 0 Å². The molecule has 1 spiro atoms. The molecule has 0 saturated carbocycles. The first kappa shape index (κ1) is 42.3. The van der Waals surface area contributed by atoms with Crippen LogP contribution in [0.15, 0.2) is 268 Å². The molecule has 0 unspecified atom stereocenters. The van der Waals surface area contributed by atoms with Crippen LogP contribution in [0.5, 0.6) is 0 Å². The Morgan fingerprint density at radius 1 is 0.164 bits per heavy atom. The highest BCUT2D eigenvalue weighted by Gasteiger charge is 2.52. The first-order valence-corrected chi connectivity index (χ1v) is 24.8. The van der Waals surface area contributed by atoms with E-state index in [-0.39, 0.29) is 0 Å². The van der Waals surface area contributed by atoms with E-state index in [1.807, 2.05) is 49.6 Å². The van der Waals surface area contributed by atoms with E-state index >= 15 is 0 Å². The highest BCUT2D eigenvalue weighted by atomic mass is 14.6. The number of hydrogen-bond acceptors (Lipinski definition) is 4. The van der Waals surface area contributed by atoms with Crippen molar-refractivity contribution in [3.8, 4) is 111 Å². The van der Waals surface area contributed by atoms with Gasteiger partial charge in [-0.05, 0) is 206 Å². The lowest BCUT2D eigenvalue weighted by atomic mass is 9.69. The van der Waals surface area contributed by atoms with Crippen LogP contribution in [0, 0.1) is 0 Å². The maximum atomic E-state index is 4.26. The molecule has 0 aliphatic heterocycles. The van der Waals surface area contributed by atoms with Gasteiger partial charge in [0.15, 0.2) is 0 Å². The summed E-state index contributed by atoms with van der Waals surface area (Å²) < 4.78 is 0. The molecule has 73 heavy (non-hydrogen) atoms. The van der Waals surface area contributed by atoms with Crippen molar-refractivity contribution in [2.24, 2.45) is 0 Å². The van der Waals surface area contributed by atoms with E-state index in [9.17, 15) is 0 Å². The predicted octanol–water partition coefficient (Wildman–Crippen LogP) is 16.9. The zero-order valence-electron chi connectivity index (χ0n) is 39.7. The average molecular weight is 929 g/mol. The Morgan fingerprint density at radius 3 is 0.507 bits per heavy atom. The lowest BCUT2D eigenvalue weighted by Gasteiger charge is -2.32. The normalized spacial score (nSPS) is 12.5. The minimum atomic E-state index is -0.657. The van der Waals surface area contributed by atoms with Gasteiger partial charge in [-0.1, -0.05) is 146 Å². The predicted molar refractivity (Wildman–Crippen MR) is 297 cm³/mol. The zero-order chi connectivity index (χ0) is 48.3. The van der Waals surface area contributed by atoms with E-state index in [1.54, 1.807) is 0 Å². The lowest BCUT2D eigenvalue weighted by Crippen LogP contribution is -2.26. The Kier molecular flexibility index (Phi) is 10.0. The second kappa shape index (κ2) is 17.3. The second-order valence-electron chi connectivity index (χ2n) is 19.0. The third-order valence-electron chi connectivity index (χ3n) is 15.2. The van der Waals surface area contributed by atoms with Gasteiger partial charge in [-0.2, -0.15) is 0 Å². The Balaban J connectivity index is 0.987. The topological polar surface area (TPSA) is 51.6 Å². The largest absolute Gasteiger partial charge is 0.265 e. The number of rotatable bonds is 8. The Labute approximate surface area is 424 Å². The molecule has 4 nitrogen and oxygen atoms in total. The third kappa shape index (κ3) is 7.14. The first-order valence-electron chi connectivity index (χ1n) is 24.8. The van der Waals surface area contributed by atoms with Crippen LogP contribution in [0.25, 0.3) is 111 Å². The number of fused-ring (bicyclic) bond motifs is 10. The van der Waals surface area contributed by atoms with Gasteiger partial charge in [0.2, 0.25) is 0 Å². The van der Waals surface area contributed by atoms with Crippen molar-refractivity contribution in [1.29, 1.82) is 0 Å². The average Bonchev–Trinajstić information content (AvgIpc) is 3.94. The van der Waals surface area contributed by atoms with E-state index in [2.05, 4.69) is 238 Å². The van der Waals surface area contributed by atoms with Gasteiger partial charge < -0.3 is 0 Å². The minimum Gasteiger partial charge on any atom is -0.265 e. The van der Waals surface area contributed by atoms with Gasteiger partial charge in [-0.25, -0.2) is 0 Å². The number of aromatic nitrogens is 4. The van der Waals surface area contributed by atoms with Crippen molar-refractivity contribution in [3.63, 3.8) is 0 Å². The van der Waals surface area contributed by atoms with Gasteiger partial charge in [-0.15, -0.1) is 0 Å². The summed E-state index contributed by atoms with van der Waals surface area (Å²) in [6, 6.07) is 81.2. The maximum absolute atomic E-state index is 4.26. The molecule has 0 bridgehead atoms. The molecule has 2 aliphatic rings. The van der Waals surface area contributed by atoms with Crippen LogP contribution in [0.4, 0.5) is 0 Å². The van der Waals surface area contributed by atoms with Crippen LogP contribution in [-0.4, -0.2) is 19.9 Å². The van der Waals surface area contributed by atoms with Crippen molar-refractivity contribution in [1.82, 2.24) is 19.9 Å². The van der Waals surface area contributed by atoms with Gasteiger partial charge in [0.1, 0.15) is 0 Å². The highest BCUT2D eigenvalue weighted by Crippen LogP contribution is 2.64. The molecule has 0 N–H and O–H groups in total. The Morgan fingerprint density at radius 2 is 0.315 bits per heavy atom. The summed E-state index contributed by atoms with van der Waals surface area (Å²) in [4.78, 5) is 17.0. The van der Waals surface area contributed by atoms with Crippen LogP contribution in [-0.2, 0) is 5.41 Å². The summed E-state index contributed by atoms with van der Waals surface area (Å²) in [6.45, 7) is 0. The Bertz CT molecular complexity index is 3470. The molecule has 340 valence electrons.